The molecule has 4 N–H and O–H groups in total. The lowest BCUT2D eigenvalue weighted by atomic mass is 10.2. The maximum atomic E-state index is 10.6. The lowest BCUT2D eigenvalue weighted by molar-refractivity contribution is -0.138. The van der Waals surface area contributed by atoms with Gasteiger partial charge in [-0.3, -0.25) is 4.79 Å². The molecule has 1 saturated carbocycles. The minimum absolute atomic E-state index is 0.422. The number of rotatable bonds is 4. The zero-order valence-corrected chi connectivity index (χ0v) is 8.25. The first kappa shape index (κ1) is 9.42. The fourth-order valence-corrected chi connectivity index (χ4v) is 1.85. The molecule has 0 aromatic carbocycles. The van der Waals surface area contributed by atoms with E-state index in [-0.39, 0.29) is 0 Å². The van der Waals surface area contributed by atoms with Crippen molar-refractivity contribution >= 4 is 22.4 Å². The van der Waals surface area contributed by atoms with Crippen LogP contribution in [0, 0.1) is 0 Å². The van der Waals surface area contributed by atoms with Crippen LogP contribution in [0.15, 0.2) is 5.38 Å². The molecular formula is C8H11N3O2S. The largest absolute Gasteiger partial charge is 0.480 e. The molecule has 2 rings (SSSR count). The standard InChI is InChI=1S/C8H11N3O2S/c9-6(7(12)13)5-3-14-8(11-5)10-4-1-2-4/h3-4,6H,1-2,9H2,(H,10,11)(H,12,13). The first-order chi connectivity index (χ1) is 6.66. The van der Waals surface area contributed by atoms with Gasteiger partial charge in [-0.15, -0.1) is 11.3 Å². The molecule has 1 fully saturated rings. The summed E-state index contributed by atoms with van der Waals surface area (Å²) >= 11 is 1.40. The smallest absolute Gasteiger partial charge is 0.326 e. The van der Waals surface area contributed by atoms with Gasteiger partial charge in [0.05, 0.1) is 5.69 Å². The van der Waals surface area contributed by atoms with Crippen molar-refractivity contribution in [1.29, 1.82) is 0 Å². The van der Waals surface area contributed by atoms with Crippen molar-refractivity contribution in [3.05, 3.63) is 11.1 Å². The molecule has 0 bridgehead atoms. The van der Waals surface area contributed by atoms with Crippen LogP contribution >= 0.6 is 11.3 Å². The fraction of sp³-hybridized carbons (Fsp3) is 0.500. The highest BCUT2D eigenvalue weighted by molar-refractivity contribution is 7.13. The Morgan fingerprint density at radius 1 is 1.79 bits per heavy atom. The van der Waals surface area contributed by atoms with Gasteiger partial charge in [-0.1, -0.05) is 0 Å². The Morgan fingerprint density at radius 3 is 3.07 bits per heavy atom. The van der Waals surface area contributed by atoms with Crippen LogP contribution in [0.2, 0.25) is 0 Å². The summed E-state index contributed by atoms with van der Waals surface area (Å²) < 4.78 is 0. The highest BCUT2D eigenvalue weighted by Crippen LogP contribution is 2.27. The Bertz CT molecular complexity index is 348. The van der Waals surface area contributed by atoms with Crippen LogP contribution in [-0.2, 0) is 4.79 Å². The van der Waals surface area contributed by atoms with Crippen molar-refractivity contribution in [1.82, 2.24) is 4.98 Å². The second-order valence-electron chi connectivity index (χ2n) is 3.31. The molecule has 1 atom stereocenters. The number of hydrogen-bond donors (Lipinski definition) is 3. The van der Waals surface area contributed by atoms with Gasteiger partial charge >= 0.3 is 5.97 Å². The number of carboxylic acid groups (broad SMARTS) is 1. The van der Waals surface area contributed by atoms with Gasteiger partial charge in [0.2, 0.25) is 0 Å². The predicted molar refractivity (Wildman–Crippen MR) is 53.3 cm³/mol. The van der Waals surface area contributed by atoms with Crippen LogP contribution in [0.3, 0.4) is 0 Å². The van der Waals surface area contributed by atoms with E-state index in [2.05, 4.69) is 10.3 Å². The molecule has 5 nitrogen and oxygen atoms in total. The summed E-state index contributed by atoms with van der Waals surface area (Å²) in [5, 5.41) is 14.3. The summed E-state index contributed by atoms with van der Waals surface area (Å²) in [7, 11) is 0. The van der Waals surface area contributed by atoms with Gasteiger partial charge in [0.1, 0.15) is 6.04 Å². The molecule has 14 heavy (non-hydrogen) atoms. The Hall–Kier alpha value is -1.14. The van der Waals surface area contributed by atoms with Crippen molar-refractivity contribution in [3.8, 4) is 0 Å². The number of nitrogens with one attached hydrogen (secondary N) is 1. The first-order valence-electron chi connectivity index (χ1n) is 4.37. The molecule has 1 aliphatic rings. The topological polar surface area (TPSA) is 88.2 Å². The van der Waals surface area contributed by atoms with Crippen LogP contribution in [0.5, 0.6) is 0 Å². The molecule has 0 amide bonds. The molecule has 0 aliphatic heterocycles. The van der Waals surface area contributed by atoms with E-state index in [0.717, 1.165) is 5.13 Å². The molecule has 6 heteroatoms. The van der Waals surface area contributed by atoms with Crippen LogP contribution in [0.25, 0.3) is 0 Å². The Morgan fingerprint density at radius 2 is 2.50 bits per heavy atom. The summed E-state index contributed by atoms with van der Waals surface area (Å²) in [4.78, 5) is 14.7. The summed E-state index contributed by atoms with van der Waals surface area (Å²) in [6.07, 6.45) is 2.33. The minimum Gasteiger partial charge on any atom is -0.480 e. The summed E-state index contributed by atoms with van der Waals surface area (Å²) in [5.41, 5.74) is 5.84. The van der Waals surface area contributed by atoms with Crippen molar-refractivity contribution in [2.45, 2.75) is 24.9 Å². The third-order valence-electron chi connectivity index (χ3n) is 2.01. The normalized spacial score (nSPS) is 17.8. The number of anilines is 1. The van der Waals surface area contributed by atoms with Gasteiger partial charge < -0.3 is 16.2 Å². The van der Waals surface area contributed by atoms with Gasteiger partial charge in [0.15, 0.2) is 5.13 Å². The number of aromatic nitrogens is 1. The van der Waals surface area contributed by atoms with Gasteiger partial charge in [0.25, 0.3) is 0 Å². The molecule has 1 aromatic rings. The third-order valence-corrected chi connectivity index (χ3v) is 2.80. The Balaban J connectivity index is 2.04. The van der Waals surface area contributed by atoms with E-state index < -0.39 is 12.0 Å². The van der Waals surface area contributed by atoms with Crippen molar-refractivity contribution in [2.24, 2.45) is 5.73 Å². The van der Waals surface area contributed by atoms with E-state index in [1.807, 2.05) is 0 Å². The second-order valence-corrected chi connectivity index (χ2v) is 4.17. The molecule has 0 saturated heterocycles. The molecule has 1 unspecified atom stereocenters. The zero-order valence-electron chi connectivity index (χ0n) is 7.43. The SMILES string of the molecule is NC(C(=O)O)c1csc(NC2CC2)n1. The second kappa shape index (κ2) is 3.55. The quantitative estimate of drug-likeness (QED) is 0.688. The van der Waals surface area contributed by atoms with Gasteiger partial charge in [0, 0.05) is 11.4 Å². The predicted octanol–water partition coefficient (Wildman–Crippen LogP) is 0.802. The van der Waals surface area contributed by atoms with Crippen molar-refractivity contribution < 1.29 is 9.90 Å². The maximum absolute atomic E-state index is 10.6. The first-order valence-corrected chi connectivity index (χ1v) is 5.25. The van der Waals surface area contributed by atoms with Gasteiger partial charge in [-0.2, -0.15) is 0 Å². The molecule has 0 spiro atoms. The highest BCUT2D eigenvalue weighted by Gasteiger charge is 2.23. The number of nitrogens with zero attached hydrogens (tertiary/aromatic N) is 1. The fourth-order valence-electron chi connectivity index (χ4n) is 1.02. The van der Waals surface area contributed by atoms with Crippen molar-refractivity contribution in [3.63, 3.8) is 0 Å². The maximum Gasteiger partial charge on any atom is 0.326 e. The molecule has 1 aromatic heterocycles. The average Bonchev–Trinajstić information content (AvgIpc) is 2.81. The van der Waals surface area contributed by atoms with E-state index in [1.54, 1.807) is 5.38 Å². The minimum atomic E-state index is -1.05. The lowest BCUT2D eigenvalue weighted by Crippen LogP contribution is -2.20. The number of hydrogen-bond acceptors (Lipinski definition) is 5. The van der Waals surface area contributed by atoms with E-state index in [4.69, 9.17) is 10.8 Å². The average molecular weight is 213 g/mol. The van der Waals surface area contributed by atoms with E-state index in [9.17, 15) is 4.79 Å². The number of carbonyl (C=O) groups is 1. The van der Waals surface area contributed by atoms with Crippen molar-refractivity contribution in [2.75, 3.05) is 5.32 Å². The molecule has 1 heterocycles. The molecule has 0 radical (unpaired) electrons. The molecule has 76 valence electrons. The van der Waals surface area contributed by atoms with Crippen LogP contribution in [0.4, 0.5) is 5.13 Å². The third kappa shape index (κ3) is 2.02. The highest BCUT2D eigenvalue weighted by atomic mass is 32.1. The number of thiazole rings is 1. The number of carboxylic acids is 1. The summed E-state index contributed by atoms with van der Waals surface area (Å²) in [5.74, 6) is -1.05. The number of aliphatic carboxylic acids is 1. The Labute approximate surface area is 85.0 Å². The van der Waals surface area contributed by atoms with Gasteiger partial charge in [-0.05, 0) is 12.8 Å². The molecular weight excluding hydrogens is 202 g/mol. The molecule has 1 aliphatic carbocycles. The van der Waals surface area contributed by atoms with Crippen LogP contribution in [-0.4, -0.2) is 22.1 Å². The lowest BCUT2D eigenvalue weighted by Gasteiger charge is -2.01. The zero-order chi connectivity index (χ0) is 10.1. The summed E-state index contributed by atoms with van der Waals surface area (Å²) in [6.45, 7) is 0. The summed E-state index contributed by atoms with van der Waals surface area (Å²) in [6, 6.07) is -0.490. The van der Waals surface area contributed by atoms with E-state index in [0.29, 0.717) is 11.7 Å². The number of nitrogens with two attached hydrogens (primary N) is 1. The Kier molecular flexibility index (Phi) is 2.39. The van der Waals surface area contributed by atoms with E-state index >= 15 is 0 Å². The van der Waals surface area contributed by atoms with Crippen LogP contribution in [0.1, 0.15) is 24.6 Å². The monoisotopic (exact) mass is 213 g/mol. The van der Waals surface area contributed by atoms with Crippen LogP contribution < -0.4 is 11.1 Å². The van der Waals surface area contributed by atoms with E-state index in [1.165, 1.54) is 24.2 Å². The van der Waals surface area contributed by atoms with Gasteiger partial charge in [-0.25, -0.2) is 4.98 Å².